The predicted molar refractivity (Wildman–Crippen MR) is 97.4 cm³/mol. The van der Waals surface area contributed by atoms with Crippen LogP contribution in [0.1, 0.15) is 18.4 Å². The number of nitrogens with zero attached hydrogens (tertiary/aromatic N) is 1. The topological polar surface area (TPSA) is 57.2 Å². The van der Waals surface area contributed by atoms with Gasteiger partial charge < -0.3 is 23.8 Å². The van der Waals surface area contributed by atoms with E-state index in [9.17, 15) is 4.79 Å². The summed E-state index contributed by atoms with van der Waals surface area (Å²) in [6.45, 7) is 6.52. The van der Waals surface area contributed by atoms with Gasteiger partial charge in [-0.2, -0.15) is 0 Å². The first-order valence-electron chi connectivity index (χ1n) is 9.13. The van der Waals surface area contributed by atoms with Gasteiger partial charge in [-0.3, -0.25) is 4.79 Å². The van der Waals surface area contributed by atoms with Gasteiger partial charge in [-0.1, -0.05) is 12.1 Å². The smallest absolute Gasteiger partial charge is 0.260 e. The van der Waals surface area contributed by atoms with Crippen LogP contribution in [-0.4, -0.2) is 57.1 Å². The molecule has 0 aliphatic carbocycles. The lowest BCUT2D eigenvalue weighted by Crippen LogP contribution is -2.43. The maximum atomic E-state index is 12.5. The van der Waals surface area contributed by atoms with Gasteiger partial charge in [0.15, 0.2) is 24.4 Å². The Bertz CT molecular complexity index is 619. The molecule has 2 aliphatic heterocycles. The number of allylic oxidation sites excluding steroid dienone is 1. The van der Waals surface area contributed by atoms with E-state index in [1.165, 1.54) is 0 Å². The minimum absolute atomic E-state index is 0.00562. The summed E-state index contributed by atoms with van der Waals surface area (Å²) in [6.07, 6.45) is 4.30. The summed E-state index contributed by atoms with van der Waals surface area (Å²) in [5.74, 6) is 1.58. The third kappa shape index (κ3) is 4.56. The average molecular weight is 361 g/mol. The van der Waals surface area contributed by atoms with E-state index < -0.39 is 0 Å². The highest BCUT2D eigenvalue weighted by molar-refractivity contribution is 5.78. The highest BCUT2D eigenvalue weighted by Crippen LogP contribution is 2.29. The number of piperidine rings is 1. The molecule has 2 fully saturated rings. The van der Waals surface area contributed by atoms with Crippen molar-refractivity contribution in [2.45, 2.75) is 25.6 Å². The molecule has 0 atom stereocenters. The highest BCUT2D eigenvalue weighted by Gasteiger charge is 2.31. The van der Waals surface area contributed by atoms with E-state index in [1.807, 2.05) is 29.2 Å². The Morgan fingerprint density at radius 1 is 1.27 bits per heavy atom. The number of likely N-dealkylation sites (tertiary alicyclic amines) is 1. The quantitative estimate of drug-likeness (QED) is 0.698. The summed E-state index contributed by atoms with van der Waals surface area (Å²) >= 11 is 0. The molecule has 0 aromatic heterocycles. The second kappa shape index (κ2) is 9.05. The molecule has 1 aromatic rings. The van der Waals surface area contributed by atoms with E-state index in [1.54, 1.807) is 7.11 Å². The summed E-state index contributed by atoms with van der Waals surface area (Å²) in [6, 6.07) is 5.71. The van der Waals surface area contributed by atoms with Crippen molar-refractivity contribution in [1.29, 1.82) is 0 Å². The minimum atomic E-state index is -0.0955. The van der Waals surface area contributed by atoms with Gasteiger partial charge in [0.25, 0.3) is 5.91 Å². The van der Waals surface area contributed by atoms with Crippen molar-refractivity contribution in [3.63, 3.8) is 0 Å². The van der Waals surface area contributed by atoms with E-state index in [0.717, 1.165) is 24.8 Å². The predicted octanol–water partition coefficient (Wildman–Crippen LogP) is 2.41. The van der Waals surface area contributed by atoms with Crippen molar-refractivity contribution in [3.8, 4) is 11.5 Å². The zero-order valence-electron chi connectivity index (χ0n) is 15.3. The third-order valence-corrected chi connectivity index (χ3v) is 4.88. The Morgan fingerprint density at radius 2 is 2.00 bits per heavy atom. The molecule has 6 heteroatoms. The van der Waals surface area contributed by atoms with Gasteiger partial charge in [-0.05, 0) is 37.0 Å². The van der Waals surface area contributed by atoms with Crippen LogP contribution in [0.4, 0.5) is 0 Å². The third-order valence-electron chi connectivity index (χ3n) is 4.88. The summed E-state index contributed by atoms with van der Waals surface area (Å²) in [5.41, 5.74) is 1.09. The van der Waals surface area contributed by atoms with Crippen LogP contribution in [-0.2, 0) is 20.7 Å². The normalized spacial score (nSPS) is 18.7. The van der Waals surface area contributed by atoms with E-state index in [2.05, 4.69) is 6.58 Å². The second-order valence-electron chi connectivity index (χ2n) is 6.59. The maximum absolute atomic E-state index is 12.5. The molecule has 6 nitrogen and oxygen atoms in total. The fourth-order valence-electron chi connectivity index (χ4n) is 3.43. The Kier molecular flexibility index (Phi) is 6.52. The molecule has 0 bridgehead atoms. The molecular weight excluding hydrogens is 334 g/mol. The largest absolute Gasteiger partial charge is 0.493 e. The average Bonchev–Trinajstić information content (AvgIpc) is 3.22. The van der Waals surface area contributed by atoms with Gasteiger partial charge in [-0.25, -0.2) is 0 Å². The zero-order chi connectivity index (χ0) is 18.4. The van der Waals surface area contributed by atoms with E-state index in [0.29, 0.717) is 43.7 Å². The molecule has 1 amide bonds. The van der Waals surface area contributed by atoms with Gasteiger partial charge in [-0.15, -0.1) is 6.58 Å². The van der Waals surface area contributed by atoms with Crippen LogP contribution in [0, 0.1) is 5.92 Å². The number of ether oxygens (including phenoxy) is 4. The van der Waals surface area contributed by atoms with Crippen LogP contribution in [0.3, 0.4) is 0 Å². The second-order valence-corrected chi connectivity index (χ2v) is 6.59. The van der Waals surface area contributed by atoms with Crippen molar-refractivity contribution in [2.24, 2.45) is 5.92 Å². The first kappa shape index (κ1) is 18.7. The number of amides is 1. The number of carbonyl (C=O) groups excluding carboxylic acids is 1. The Morgan fingerprint density at radius 3 is 2.65 bits per heavy atom. The molecule has 3 rings (SSSR count). The van der Waals surface area contributed by atoms with Crippen LogP contribution in [0.15, 0.2) is 30.9 Å². The lowest BCUT2D eigenvalue weighted by atomic mass is 9.96. The lowest BCUT2D eigenvalue weighted by molar-refractivity contribution is -0.138. The number of hydrogen-bond donors (Lipinski definition) is 0. The van der Waals surface area contributed by atoms with E-state index in [4.69, 9.17) is 18.9 Å². The molecule has 0 spiro atoms. The lowest BCUT2D eigenvalue weighted by Gasteiger charge is -2.33. The number of benzene rings is 1. The summed E-state index contributed by atoms with van der Waals surface area (Å²) in [7, 11) is 1.60. The van der Waals surface area contributed by atoms with Crippen molar-refractivity contribution in [3.05, 3.63) is 36.4 Å². The standard InChI is InChI=1S/C20H27NO5/c1-3-4-15-5-6-17(18(13-15)23-2)26-14-19(22)21-9-7-16(8-10-21)20-24-11-12-25-20/h3,5-6,13,16,20H,1,4,7-12,14H2,2H3. The van der Waals surface area contributed by atoms with Crippen molar-refractivity contribution in [1.82, 2.24) is 4.90 Å². The van der Waals surface area contributed by atoms with Crippen molar-refractivity contribution < 1.29 is 23.7 Å². The molecule has 2 aliphatic rings. The molecule has 142 valence electrons. The summed E-state index contributed by atoms with van der Waals surface area (Å²) < 4.78 is 22.2. The molecule has 2 heterocycles. The molecule has 0 saturated carbocycles. The molecule has 0 N–H and O–H groups in total. The maximum Gasteiger partial charge on any atom is 0.260 e. The fraction of sp³-hybridized carbons (Fsp3) is 0.550. The fourth-order valence-corrected chi connectivity index (χ4v) is 3.43. The molecule has 1 aromatic carbocycles. The Balaban J connectivity index is 1.49. The first-order chi connectivity index (χ1) is 12.7. The zero-order valence-corrected chi connectivity index (χ0v) is 15.3. The summed E-state index contributed by atoms with van der Waals surface area (Å²) in [5, 5.41) is 0. The molecular formula is C20H27NO5. The molecule has 26 heavy (non-hydrogen) atoms. The van der Waals surface area contributed by atoms with Gasteiger partial charge in [0, 0.05) is 19.0 Å². The molecule has 0 radical (unpaired) electrons. The number of hydrogen-bond acceptors (Lipinski definition) is 5. The van der Waals surface area contributed by atoms with Gasteiger partial charge in [0.05, 0.1) is 20.3 Å². The van der Waals surface area contributed by atoms with E-state index >= 15 is 0 Å². The van der Waals surface area contributed by atoms with Gasteiger partial charge in [0.2, 0.25) is 0 Å². The highest BCUT2D eigenvalue weighted by atomic mass is 16.7. The first-order valence-corrected chi connectivity index (χ1v) is 9.13. The van der Waals surface area contributed by atoms with E-state index in [-0.39, 0.29) is 18.8 Å². The minimum Gasteiger partial charge on any atom is -0.493 e. The summed E-state index contributed by atoms with van der Waals surface area (Å²) in [4.78, 5) is 14.3. The number of carbonyl (C=O) groups is 1. The monoisotopic (exact) mass is 361 g/mol. The van der Waals surface area contributed by atoms with Crippen molar-refractivity contribution >= 4 is 5.91 Å². The van der Waals surface area contributed by atoms with Crippen LogP contribution >= 0.6 is 0 Å². The van der Waals surface area contributed by atoms with Gasteiger partial charge in [0.1, 0.15) is 0 Å². The molecule has 0 unspecified atom stereocenters. The molecule has 2 saturated heterocycles. The van der Waals surface area contributed by atoms with Crippen LogP contribution in [0.5, 0.6) is 11.5 Å². The van der Waals surface area contributed by atoms with Crippen molar-refractivity contribution in [2.75, 3.05) is 40.0 Å². The Labute approximate surface area is 154 Å². The SMILES string of the molecule is C=CCc1ccc(OCC(=O)N2CCC(C3OCCO3)CC2)c(OC)c1. The van der Waals surface area contributed by atoms with Gasteiger partial charge >= 0.3 is 0 Å². The number of methoxy groups -OCH3 is 1. The van der Waals surface area contributed by atoms with Crippen LogP contribution < -0.4 is 9.47 Å². The Hall–Kier alpha value is -2.05. The number of rotatable bonds is 7. The van der Waals surface area contributed by atoms with Crippen LogP contribution in [0.25, 0.3) is 0 Å². The van der Waals surface area contributed by atoms with Crippen LogP contribution in [0.2, 0.25) is 0 Å².